The summed E-state index contributed by atoms with van der Waals surface area (Å²) in [5, 5.41) is 14.0. The molecular weight excluding hydrogens is 390 g/mol. The first kappa shape index (κ1) is 18.8. The van der Waals surface area contributed by atoms with E-state index in [9.17, 15) is 9.90 Å². The first-order valence-corrected chi connectivity index (χ1v) is 10.2. The molecule has 1 aliphatic rings. The molecular formula is C18H16ClN3O2S2. The number of aromatic hydroxyl groups is 1. The summed E-state index contributed by atoms with van der Waals surface area (Å²) in [6, 6.07) is 12.0. The molecule has 5 nitrogen and oxygen atoms in total. The second kappa shape index (κ2) is 9.12. The van der Waals surface area contributed by atoms with E-state index >= 15 is 0 Å². The summed E-state index contributed by atoms with van der Waals surface area (Å²) in [7, 11) is 0. The number of halogens is 1. The Kier molecular flexibility index (Phi) is 6.60. The van der Waals surface area contributed by atoms with E-state index < -0.39 is 0 Å². The van der Waals surface area contributed by atoms with Crippen LogP contribution >= 0.6 is 35.1 Å². The summed E-state index contributed by atoms with van der Waals surface area (Å²) in [4.78, 5) is 16.5. The van der Waals surface area contributed by atoms with E-state index in [0.717, 1.165) is 28.0 Å². The van der Waals surface area contributed by atoms with Crippen molar-refractivity contribution >= 4 is 51.6 Å². The van der Waals surface area contributed by atoms with Crippen molar-refractivity contribution < 1.29 is 9.90 Å². The van der Waals surface area contributed by atoms with Crippen LogP contribution in [-0.4, -0.2) is 33.9 Å². The second-order valence-corrected chi connectivity index (χ2v) is 8.13. The fourth-order valence-corrected chi connectivity index (χ4v) is 4.30. The van der Waals surface area contributed by atoms with E-state index in [4.69, 9.17) is 11.6 Å². The van der Waals surface area contributed by atoms with Crippen molar-refractivity contribution in [1.29, 1.82) is 0 Å². The van der Waals surface area contributed by atoms with Crippen LogP contribution < -0.4 is 5.43 Å². The number of carbonyl (C=O) groups excluding carboxylic acids is 1. The molecule has 0 aromatic heterocycles. The van der Waals surface area contributed by atoms with Gasteiger partial charge in [-0.05, 0) is 35.9 Å². The van der Waals surface area contributed by atoms with Gasteiger partial charge in [-0.1, -0.05) is 47.3 Å². The summed E-state index contributed by atoms with van der Waals surface area (Å²) < 4.78 is 1.13. The lowest BCUT2D eigenvalue weighted by atomic mass is 10.1. The molecule has 26 heavy (non-hydrogen) atoms. The van der Waals surface area contributed by atoms with Gasteiger partial charge in [-0.3, -0.25) is 9.79 Å². The molecule has 2 aromatic carbocycles. The number of carbonyl (C=O) groups is 1. The molecule has 0 fully saturated rings. The molecule has 8 heteroatoms. The Morgan fingerprint density at radius 1 is 1.35 bits per heavy atom. The molecule has 134 valence electrons. The minimum atomic E-state index is -0.322. The molecule has 0 bridgehead atoms. The van der Waals surface area contributed by atoms with Gasteiger partial charge in [0.1, 0.15) is 10.1 Å². The van der Waals surface area contributed by atoms with E-state index in [1.807, 2.05) is 12.1 Å². The maximum absolute atomic E-state index is 12.1. The van der Waals surface area contributed by atoms with Gasteiger partial charge in [-0.25, -0.2) is 5.43 Å². The number of benzene rings is 2. The highest BCUT2D eigenvalue weighted by atomic mass is 35.5. The third-order valence-electron chi connectivity index (χ3n) is 3.50. The fourth-order valence-electron chi connectivity index (χ4n) is 2.15. The lowest BCUT2D eigenvalue weighted by molar-refractivity contribution is 0.0955. The molecule has 1 aliphatic heterocycles. The minimum absolute atomic E-state index is 0.0410. The number of phenols is 1. The number of thioether (sulfide) groups is 2. The number of nitrogens with zero attached hydrogens (tertiary/aromatic N) is 2. The number of rotatable bonds is 5. The molecule has 0 saturated carbocycles. The monoisotopic (exact) mass is 405 g/mol. The van der Waals surface area contributed by atoms with Crippen molar-refractivity contribution in [3.8, 4) is 5.75 Å². The SMILES string of the molecule is O=C(NN=Cc1cc(Cl)ccc1O)c1ccc(CSC2=NCCS2)cc1. The maximum atomic E-state index is 12.1. The molecule has 2 aromatic rings. The number of hydrogen-bond donors (Lipinski definition) is 2. The standard InChI is InChI=1S/C18H16ClN3O2S2/c19-15-5-6-16(23)14(9-15)10-21-22-17(24)13-3-1-12(2-4-13)11-26-18-20-7-8-25-18/h1-6,9-10,23H,7-8,11H2,(H,22,24). The summed E-state index contributed by atoms with van der Waals surface area (Å²) >= 11 is 9.37. The summed E-state index contributed by atoms with van der Waals surface area (Å²) in [6.45, 7) is 0.902. The second-order valence-electron chi connectivity index (χ2n) is 5.38. The zero-order valence-corrected chi connectivity index (χ0v) is 16.1. The zero-order chi connectivity index (χ0) is 18.4. The predicted molar refractivity (Wildman–Crippen MR) is 111 cm³/mol. The zero-order valence-electron chi connectivity index (χ0n) is 13.7. The lowest BCUT2D eigenvalue weighted by Gasteiger charge is -2.04. The summed E-state index contributed by atoms with van der Waals surface area (Å²) in [5.41, 5.74) is 4.51. The van der Waals surface area contributed by atoms with Gasteiger partial charge in [0, 0.05) is 27.7 Å². The summed E-state index contributed by atoms with van der Waals surface area (Å²) in [5.74, 6) is 1.62. The van der Waals surface area contributed by atoms with Gasteiger partial charge >= 0.3 is 0 Å². The normalized spacial score (nSPS) is 13.8. The minimum Gasteiger partial charge on any atom is -0.507 e. The van der Waals surface area contributed by atoms with E-state index in [0.29, 0.717) is 16.1 Å². The van der Waals surface area contributed by atoms with Crippen molar-refractivity contribution in [3.63, 3.8) is 0 Å². The number of aliphatic imine (C=N–C) groups is 1. The Bertz CT molecular complexity index is 854. The lowest BCUT2D eigenvalue weighted by Crippen LogP contribution is -2.17. The van der Waals surface area contributed by atoms with E-state index in [1.165, 1.54) is 12.3 Å². The molecule has 0 saturated heterocycles. The quantitative estimate of drug-likeness (QED) is 0.579. The van der Waals surface area contributed by atoms with Gasteiger partial charge in [0.05, 0.1) is 12.8 Å². The molecule has 1 heterocycles. The first-order chi connectivity index (χ1) is 12.6. The van der Waals surface area contributed by atoms with Crippen molar-refractivity contribution in [1.82, 2.24) is 5.43 Å². The number of nitrogens with one attached hydrogen (secondary N) is 1. The number of hydrazone groups is 1. The highest BCUT2D eigenvalue weighted by molar-refractivity contribution is 8.38. The Morgan fingerprint density at radius 2 is 2.15 bits per heavy atom. The van der Waals surface area contributed by atoms with Gasteiger partial charge in [0.2, 0.25) is 0 Å². The van der Waals surface area contributed by atoms with Crippen LogP contribution in [0.5, 0.6) is 5.75 Å². The number of amides is 1. The van der Waals surface area contributed by atoms with Crippen LogP contribution in [0.1, 0.15) is 21.5 Å². The molecule has 1 amide bonds. The molecule has 2 N–H and O–H groups in total. The average Bonchev–Trinajstić information content (AvgIpc) is 3.17. The Morgan fingerprint density at radius 3 is 2.88 bits per heavy atom. The van der Waals surface area contributed by atoms with Crippen LogP contribution in [0.3, 0.4) is 0 Å². The first-order valence-electron chi connectivity index (χ1n) is 7.83. The highest BCUT2D eigenvalue weighted by Crippen LogP contribution is 2.25. The van der Waals surface area contributed by atoms with Gasteiger partial charge in [-0.2, -0.15) is 5.10 Å². The van der Waals surface area contributed by atoms with Crippen LogP contribution in [-0.2, 0) is 5.75 Å². The van der Waals surface area contributed by atoms with E-state index in [2.05, 4.69) is 15.5 Å². The Labute approximate surface area is 164 Å². The van der Waals surface area contributed by atoms with Crippen LogP contribution in [0.25, 0.3) is 0 Å². The average molecular weight is 406 g/mol. The fraction of sp³-hybridized carbons (Fsp3) is 0.167. The predicted octanol–water partition coefficient (Wildman–Crippen LogP) is 4.15. The largest absolute Gasteiger partial charge is 0.507 e. The van der Waals surface area contributed by atoms with Crippen molar-refractivity contribution in [2.75, 3.05) is 12.3 Å². The van der Waals surface area contributed by atoms with Crippen LogP contribution in [0.4, 0.5) is 0 Å². The Balaban J connectivity index is 1.54. The third-order valence-corrected chi connectivity index (χ3v) is 6.05. The van der Waals surface area contributed by atoms with Gasteiger partial charge < -0.3 is 5.11 Å². The Hall–Kier alpha value is -1.96. The summed E-state index contributed by atoms with van der Waals surface area (Å²) in [6.07, 6.45) is 1.35. The van der Waals surface area contributed by atoms with Crippen LogP contribution in [0, 0.1) is 0 Å². The highest BCUT2D eigenvalue weighted by Gasteiger charge is 2.09. The third kappa shape index (κ3) is 5.27. The van der Waals surface area contributed by atoms with Crippen LogP contribution in [0.2, 0.25) is 5.02 Å². The molecule has 0 spiro atoms. The molecule has 3 rings (SSSR count). The number of hydrogen-bond acceptors (Lipinski definition) is 6. The van der Waals surface area contributed by atoms with Gasteiger partial charge in [0.25, 0.3) is 5.91 Å². The molecule has 0 atom stereocenters. The van der Waals surface area contributed by atoms with Crippen molar-refractivity contribution in [3.05, 3.63) is 64.2 Å². The smallest absolute Gasteiger partial charge is 0.271 e. The molecule has 0 radical (unpaired) electrons. The van der Waals surface area contributed by atoms with E-state index in [-0.39, 0.29) is 11.7 Å². The number of phenolic OH excluding ortho intramolecular Hbond substituents is 1. The van der Waals surface area contributed by atoms with Gasteiger partial charge in [0.15, 0.2) is 0 Å². The van der Waals surface area contributed by atoms with Crippen molar-refractivity contribution in [2.24, 2.45) is 10.1 Å². The molecule has 0 unspecified atom stereocenters. The van der Waals surface area contributed by atoms with Crippen molar-refractivity contribution in [2.45, 2.75) is 5.75 Å². The molecule has 0 aliphatic carbocycles. The maximum Gasteiger partial charge on any atom is 0.271 e. The van der Waals surface area contributed by atoms with E-state index in [1.54, 1.807) is 47.8 Å². The topological polar surface area (TPSA) is 74.0 Å². The van der Waals surface area contributed by atoms with Gasteiger partial charge in [-0.15, -0.1) is 0 Å². The van der Waals surface area contributed by atoms with Crippen LogP contribution in [0.15, 0.2) is 52.6 Å².